The molecule has 2 heterocycles. The summed E-state index contributed by atoms with van der Waals surface area (Å²) in [6, 6.07) is 0. The lowest BCUT2D eigenvalue weighted by molar-refractivity contribution is 0.690. The molecule has 0 aromatic rings. The van der Waals surface area contributed by atoms with Crippen molar-refractivity contribution in [2.45, 2.75) is 6.17 Å². The molecule has 1 atom stereocenters. The average Bonchev–Trinajstić information content (AvgIpc) is 2.04. The Balaban J connectivity index is 2.47. The zero-order valence-electron chi connectivity index (χ0n) is 6.33. The highest BCUT2D eigenvalue weighted by molar-refractivity contribution is 6.05. The minimum atomic E-state index is -0.191. The van der Waals surface area contributed by atoms with Gasteiger partial charge < -0.3 is 16.4 Å². The minimum absolute atomic E-state index is 0.191. The van der Waals surface area contributed by atoms with Crippen LogP contribution in [-0.4, -0.2) is 18.3 Å². The Kier molecular flexibility index (Phi) is 1.36. The van der Waals surface area contributed by atoms with Gasteiger partial charge >= 0.3 is 0 Å². The molecule has 0 fully saturated rings. The van der Waals surface area contributed by atoms with Gasteiger partial charge in [-0.1, -0.05) is 0 Å². The standard InChI is InChI=1S/C7H9N5/c8-4-1-2-10-7-5(4)6(9)11-3-12-7/h1-3,7,10H,8H2,(H2,9,11,12). The number of aliphatic imine (C=N–C) groups is 1. The van der Waals surface area contributed by atoms with Crippen LogP contribution in [0.3, 0.4) is 0 Å². The number of fused-ring (bicyclic) bond motifs is 1. The first-order chi connectivity index (χ1) is 5.79. The summed E-state index contributed by atoms with van der Waals surface area (Å²) in [7, 11) is 0. The van der Waals surface area contributed by atoms with Crippen LogP contribution < -0.4 is 16.4 Å². The number of hydrogen-bond donors (Lipinski definition) is 4. The first-order valence-corrected chi connectivity index (χ1v) is 3.58. The van der Waals surface area contributed by atoms with E-state index in [2.05, 4.69) is 15.6 Å². The van der Waals surface area contributed by atoms with Crippen molar-refractivity contribution in [1.82, 2.24) is 10.6 Å². The number of dihydropyridines is 1. The van der Waals surface area contributed by atoms with Crippen LogP contribution in [0.5, 0.6) is 0 Å². The van der Waals surface area contributed by atoms with Crippen LogP contribution in [0.4, 0.5) is 0 Å². The van der Waals surface area contributed by atoms with Gasteiger partial charge in [-0.05, 0) is 6.08 Å². The summed E-state index contributed by atoms with van der Waals surface area (Å²) in [6.45, 7) is 0. The van der Waals surface area contributed by atoms with Crippen LogP contribution in [-0.2, 0) is 0 Å². The zero-order chi connectivity index (χ0) is 8.55. The van der Waals surface area contributed by atoms with Crippen LogP contribution in [0, 0.1) is 5.41 Å². The third-order valence-corrected chi connectivity index (χ3v) is 1.80. The molecule has 0 saturated carbocycles. The van der Waals surface area contributed by atoms with Crippen molar-refractivity contribution in [3.8, 4) is 0 Å². The first-order valence-electron chi connectivity index (χ1n) is 3.58. The van der Waals surface area contributed by atoms with Gasteiger partial charge in [0.15, 0.2) is 6.17 Å². The minimum Gasteiger partial charge on any atom is -0.398 e. The Bertz CT molecular complexity index is 312. The van der Waals surface area contributed by atoms with Crippen molar-refractivity contribution in [1.29, 1.82) is 5.41 Å². The molecule has 0 amide bonds. The van der Waals surface area contributed by atoms with Crippen molar-refractivity contribution < 1.29 is 0 Å². The summed E-state index contributed by atoms with van der Waals surface area (Å²) in [5, 5.41) is 13.2. The van der Waals surface area contributed by atoms with Crippen molar-refractivity contribution in [3.05, 3.63) is 23.5 Å². The summed E-state index contributed by atoms with van der Waals surface area (Å²) in [5.74, 6) is 0.310. The van der Waals surface area contributed by atoms with E-state index in [1.807, 2.05) is 0 Å². The Hall–Kier alpha value is -1.78. The zero-order valence-corrected chi connectivity index (χ0v) is 6.33. The topological polar surface area (TPSA) is 86.3 Å². The van der Waals surface area contributed by atoms with Gasteiger partial charge in [0.25, 0.3) is 0 Å². The smallest absolute Gasteiger partial charge is 0.151 e. The van der Waals surface area contributed by atoms with E-state index in [1.165, 1.54) is 6.34 Å². The second-order valence-electron chi connectivity index (χ2n) is 2.57. The molecule has 12 heavy (non-hydrogen) atoms. The molecule has 5 N–H and O–H groups in total. The molecular formula is C7H9N5. The lowest BCUT2D eigenvalue weighted by atomic mass is 10.1. The van der Waals surface area contributed by atoms with Gasteiger partial charge in [0.2, 0.25) is 0 Å². The van der Waals surface area contributed by atoms with Gasteiger partial charge in [-0.3, -0.25) is 5.41 Å². The van der Waals surface area contributed by atoms with Crippen LogP contribution >= 0.6 is 0 Å². The van der Waals surface area contributed by atoms with Gasteiger partial charge in [-0.2, -0.15) is 0 Å². The van der Waals surface area contributed by atoms with Crippen molar-refractivity contribution in [3.63, 3.8) is 0 Å². The Labute approximate surface area is 69.6 Å². The van der Waals surface area contributed by atoms with E-state index < -0.39 is 0 Å². The fourth-order valence-corrected chi connectivity index (χ4v) is 1.21. The van der Waals surface area contributed by atoms with Crippen LogP contribution in [0.2, 0.25) is 0 Å². The van der Waals surface area contributed by atoms with Gasteiger partial charge in [0, 0.05) is 11.9 Å². The maximum absolute atomic E-state index is 7.53. The van der Waals surface area contributed by atoms with Gasteiger partial charge in [-0.25, -0.2) is 4.99 Å². The quantitative estimate of drug-likeness (QED) is 0.379. The number of rotatable bonds is 0. The summed E-state index contributed by atoms with van der Waals surface area (Å²) in [5.41, 5.74) is 6.98. The molecule has 0 aliphatic carbocycles. The highest BCUT2D eigenvalue weighted by Crippen LogP contribution is 2.14. The summed E-state index contributed by atoms with van der Waals surface area (Å²) < 4.78 is 0. The summed E-state index contributed by atoms with van der Waals surface area (Å²) >= 11 is 0. The molecule has 62 valence electrons. The van der Waals surface area contributed by atoms with E-state index in [4.69, 9.17) is 11.1 Å². The summed E-state index contributed by atoms with van der Waals surface area (Å²) in [4.78, 5) is 4.08. The third kappa shape index (κ3) is 0.868. The predicted octanol–water partition coefficient (Wildman–Crippen LogP) is -0.749. The number of nitrogens with one attached hydrogen (secondary N) is 3. The van der Waals surface area contributed by atoms with E-state index in [9.17, 15) is 0 Å². The highest BCUT2D eigenvalue weighted by atomic mass is 15.2. The second-order valence-corrected chi connectivity index (χ2v) is 2.57. The molecule has 0 saturated heterocycles. The maximum atomic E-state index is 7.53. The third-order valence-electron chi connectivity index (χ3n) is 1.80. The van der Waals surface area contributed by atoms with Gasteiger partial charge in [-0.15, -0.1) is 0 Å². The SMILES string of the molecule is N=C1NC=NC2NC=CC(N)=C12. The van der Waals surface area contributed by atoms with Gasteiger partial charge in [0.1, 0.15) is 5.84 Å². The predicted molar refractivity (Wildman–Crippen MR) is 46.6 cm³/mol. The molecular weight excluding hydrogens is 154 g/mol. The van der Waals surface area contributed by atoms with Crippen LogP contribution in [0.1, 0.15) is 0 Å². The molecule has 2 rings (SSSR count). The number of nitrogens with two attached hydrogens (primary N) is 1. The molecule has 2 aliphatic heterocycles. The molecule has 5 nitrogen and oxygen atoms in total. The molecule has 0 aromatic heterocycles. The van der Waals surface area contributed by atoms with E-state index >= 15 is 0 Å². The molecule has 5 heteroatoms. The van der Waals surface area contributed by atoms with E-state index in [0.717, 1.165) is 0 Å². The molecule has 0 bridgehead atoms. The Morgan fingerprint density at radius 2 is 2.42 bits per heavy atom. The monoisotopic (exact) mass is 163 g/mol. The average molecular weight is 163 g/mol. The fourth-order valence-electron chi connectivity index (χ4n) is 1.21. The molecule has 0 aromatic carbocycles. The Morgan fingerprint density at radius 1 is 1.58 bits per heavy atom. The van der Waals surface area contributed by atoms with E-state index in [-0.39, 0.29) is 6.17 Å². The lowest BCUT2D eigenvalue weighted by Crippen LogP contribution is -2.42. The van der Waals surface area contributed by atoms with Crippen LogP contribution in [0.25, 0.3) is 0 Å². The fraction of sp³-hybridized carbons (Fsp3) is 0.143. The van der Waals surface area contributed by atoms with Crippen LogP contribution in [0.15, 0.2) is 28.5 Å². The largest absolute Gasteiger partial charge is 0.398 e. The Morgan fingerprint density at radius 3 is 3.17 bits per heavy atom. The number of nitrogens with zero attached hydrogens (tertiary/aromatic N) is 1. The normalized spacial score (nSPS) is 26.3. The molecule has 0 spiro atoms. The van der Waals surface area contributed by atoms with Gasteiger partial charge in [0.05, 0.1) is 11.9 Å². The highest BCUT2D eigenvalue weighted by Gasteiger charge is 2.23. The lowest BCUT2D eigenvalue weighted by Gasteiger charge is -2.25. The van der Waals surface area contributed by atoms with Crippen molar-refractivity contribution in [2.75, 3.05) is 0 Å². The van der Waals surface area contributed by atoms with Crippen molar-refractivity contribution >= 4 is 12.2 Å². The number of amidine groups is 1. The second kappa shape index (κ2) is 2.37. The van der Waals surface area contributed by atoms with Crippen molar-refractivity contribution in [2.24, 2.45) is 10.7 Å². The van der Waals surface area contributed by atoms with E-state index in [1.54, 1.807) is 12.3 Å². The molecule has 0 radical (unpaired) electrons. The maximum Gasteiger partial charge on any atom is 0.151 e. The van der Waals surface area contributed by atoms with E-state index in [0.29, 0.717) is 17.1 Å². The number of allylic oxidation sites excluding steroid dienone is 1. The molecule has 1 unspecified atom stereocenters. The molecule has 2 aliphatic rings. The number of hydrogen-bond acceptors (Lipinski definition) is 4. The first kappa shape index (κ1) is 6.90. The summed E-state index contributed by atoms with van der Waals surface area (Å²) in [6.07, 6.45) is 4.77.